The third kappa shape index (κ3) is 5.34. The summed E-state index contributed by atoms with van der Waals surface area (Å²) in [5.74, 6) is -1.44. The largest absolute Gasteiger partial charge is 0.416 e. The third-order valence-electron chi connectivity index (χ3n) is 4.02. The maximum Gasteiger partial charge on any atom is 0.416 e. The highest BCUT2D eigenvalue weighted by atomic mass is 19.4. The van der Waals surface area contributed by atoms with Crippen LogP contribution in [0.25, 0.3) is 6.08 Å². The fraction of sp³-hybridized carbons (Fsp3) is 0.222. The van der Waals surface area contributed by atoms with Crippen LogP contribution in [-0.2, 0) is 18.5 Å². The summed E-state index contributed by atoms with van der Waals surface area (Å²) in [5.41, 5.74) is -1.14. The van der Waals surface area contributed by atoms with Crippen molar-refractivity contribution >= 4 is 18.8 Å². The number of alkyl halides is 9. The second kappa shape index (κ2) is 7.77. The first-order valence-corrected chi connectivity index (χ1v) is 7.87. The van der Waals surface area contributed by atoms with Crippen LogP contribution in [0.3, 0.4) is 0 Å². The van der Waals surface area contributed by atoms with Crippen LogP contribution < -0.4 is 11.2 Å². The normalized spacial score (nSPS) is 13.9. The third-order valence-corrected chi connectivity index (χ3v) is 4.02. The topological polar surface area (TPSA) is 26.0 Å². The predicted molar refractivity (Wildman–Crippen MR) is 90.3 cm³/mol. The van der Waals surface area contributed by atoms with Gasteiger partial charge in [-0.25, -0.2) is 0 Å². The van der Waals surface area contributed by atoms with Crippen molar-refractivity contribution in [2.45, 2.75) is 24.5 Å². The van der Waals surface area contributed by atoms with Gasteiger partial charge in [-0.2, -0.15) is 39.5 Å². The van der Waals surface area contributed by atoms with Crippen LogP contribution in [-0.4, -0.2) is 7.28 Å². The van der Waals surface area contributed by atoms with Gasteiger partial charge in [0, 0.05) is 5.94 Å². The Morgan fingerprint density at radius 2 is 1.24 bits per heavy atom. The maximum absolute atomic E-state index is 13.3. The van der Waals surface area contributed by atoms with E-state index in [-0.39, 0.29) is 17.7 Å². The molecule has 1 nitrogen and oxygen atoms in total. The first-order chi connectivity index (χ1) is 13.1. The Kier molecular flexibility index (Phi) is 6.13. The number of hydrogen-bond donors (Lipinski definition) is 1. The Morgan fingerprint density at radius 1 is 0.793 bits per heavy atom. The predicted octanol–water partition coefficient (Wildman–Crippen LogP) is 5.37. The van der Waals surface area contributed by atoms with Gasteiger partial charge in [0.05, 0.1) is 16.7 Å². The zero-order valence-corrected chi connectivity index (χ0v) is 14.4. The summed E-state index contributed by atoms with van der Waals surface area (Å²) < 4.78 is 119. The zero-order valence-electron chi connectivity index (χ0n) is 14.4. The minimum absolute atomic E-state index is 0.164. The Labute approximate surface area is 160 Å². The standard InChI is InChI=1S/C18H12BF9N/c1-2-9-3-5-10(6-4-9)15(29)19-14-12(17(23,24)25)7-11(16(20,21)22)8-13(14)18(26,27)28/h2-8,15H,1,29H2. The molecule has 0 amide bonds. The molecule has 0 spiro atoms. The number of halogens is 9. The van der Waals surface area contributed by atoms with E-state index in [1.54, 1.807) is 0 Å². The molecule has 2 N–H and O–H groups in total. The van der Waals surface area contributed by atoms with Crippen LogP contribution in [0.4, 0.5) is 39.5 Å². The molecule has 2 aromatic carbocycles. The number of nitrogens with two attached hydrogens (primary N) is 1. The van der Waals surface area contributed by atoms with Crippen molar-refractivity contribution in [2.24, 2.45) is 5.73 Å². The van der Waals surface area contributed by atoms with E-state index in [2.05, 4.69) is 6.58 Å². The van der Waals surface area contributed by atoms with Gasteiger partial charge >= 0.3 is 18.5 Å². The fourth-order valence-electron chi connectivity index (χ4n) is 2.60. The van der Waals surface area contributed by atoms with Crippen LogP contribution in [0.2, 0.25) is 0 Å². The van der Waals surface area contributed by atoms with Gasteiger partial charge in [0.15, 0.2) is 7.28 Å². The first-order valence-electron chi connectivity index (χ1n) is 7.87. The highest BCUT2D eigenvalue weighted by Gasteiger charge is 2.44. The summed E-state index contributed by atoms with van der Waals surface area (Å²) in [6.07, 6.45) is -14.9. The molecule has 0 saturated carbocycles. The van der Waals surface area contributed by atoms with Crippen molar-refractivity contribution in [3.63, 3.8) is 0 Å². The Balaban J connectivity index is 2.65. The summed E-state index contributed by atoms with van der Waals surface area (Å²) in [6.45, 7) is 3.50. The molecule has 155 valence electrons. The molecule has 0 bridgehead atoms. The molecule has 11 heteroatoms. The summed E-state index contributed by atoms with van der Waals surface area (Å²) in [4.78, 5) is 0. The molecular formula is C18H12BF9N. The molecule has 1 radical (unpaired) electrons. The van der Waals surface area contributed by atoms with Gasteiger partial charge in [0.2, 0.25) is 0 Å². The van der Waals surface area contributed by atoms with Crippen molar-refractivity contribution in [3.8, 4) is 0 Å². The van der Waals surface area contributed by atoms with Crippen LogP contribution in [0.15, 0.2) is 43.0 Å². The molecule has 0 aromatic heterocycles. The van der Waals surface area contributed by atoms with E-state index in [9.17, 15) is 39.5 Å². The van der Waals surface area contributed by atoms with Crippen molar-refractivity contribution in [3.05, 3.63) is 70.8 Å². The monoisotopic (exact) mass is 424 g/mol. The summed E-state index contributed by atoms with van der Waals surface area (Å²) in [5, 5.41) is 0. The molecule has 1 unspecified atom stereocenters. The zero-order chi connectivity index (χ0) is 22.2. The average Bonchev–Trinajstić information content (AvgIpc) is 2.58. The van der Waals surface area contributed by atoms with Crippen LogP contribution in [0, 0.1) is 0 Å². The second-order valence-electron chi connectivity index (χ2n) is 6.04. The second-order valence-corrected chi connectivity index (χ2v) is 6.04. The molecule has 0 heterocycles. The first kappa shape index (κ1) is 22.9. The van der Waals surface area contributed by atoms with Crippen LogP contribution in [0.1, 0.15) is 33.8 Å². The Bertz CT molecular complexity index is 845. The lowest BCUT2D eigenvalue weighted by Gasteiger charge is -2.23. The van der Waals surface area contributed by atoms with Crippen LogP contribution >= 0.6 is 0 Å². The van der Waals surface area contributed by atoms with E-state index in [0.717, 1.165) is 0 Å². The molecule has 2 aromatic rings. The van der Waals surface area contributed by atoms with E-state index in [4.69, 9.17) is 5.73 Å². The van der Waals surface area contributed by atoms with Gasteiger partial charge in [0.25, 0.3) is 0 Å². The fourth-order valence-corrected chi connectivity index (χ4v) is 2.60. The lowest BCUT2D eigenvalue weighted by molar-refractivity contribution is -0.147. The average molecular weight is 424 g/mol. The minimum atomic E-state index is -5.47. The van der Waals surface area contributed by atoms with E-state index >= 15 is 0 Å². The van der Waals surface area contributed by atoms with Gasteiger partial charge in [-0.3, -0.25) is 0 Å². The summed E-state index contributed by atoms with van der Waals surface area (Å²) >= 11 is 0. The molecule has 0 aliphatic heterocycles. The van der Waals surface area contributed by atoms with Crippen molar-refractivity contribution in [1.29, 1.82) is 0 Å². The molecular weight excluding hydrogens is 412 g/mol. The molecule has 29 heavy (non-hydrogen) atoms. The van der Waals surface area contributed by atoms with E-state index in [0.29, 0.717) is 12.8 Å². The molecule has 0 aliphatic carbocycles. The van der Waals surface area contributed by atoms with Gasteiger partial charge in [-0.15, -0.1) is 0 Å². The SMILES string of the molecule is C=Cc1ccc(C(N)[B]c2c(C(F)(F)F)cc(C(F)(F)F)cc2C(F)(F)F)cc1. The number of hydrogen-bond acceptors (Lipinski definition) is 1. The lowest BCUT2D eigenvalue weighted by Crippen LogP contribution is -2.38. The highest BCUT2D eigenvalue weighted by molar-refractivity contribution is 6.56. The molecule has 0 aliphatic rings. The molecule has 1 atom stereocenters. The van der Waals surface area contributed by atoms with E-state index in [1.165, 1.54) is 30.3 Å². The molecule has 0 saturated heterocycles. The Hall–Kier alpha value is -2.43. The van der Waals surface area contributed by atoms with Gasteiger partial charge in [-0.05, 0) is 23.3 Å². The molecule has 0 fully saturated rings. The number of rotatable bonds is 4. The summed E-state index contributed by atoms with van der Waals surface area (Å²) in [6, 6.07) is 4.99. The smallest absolute Gasteiger partial charge is 0.331 e. The maximum atomic E-state index is 13.3. The van der Waals surface area contributed by atoms with Crippen molar-refractivity contribution in [2.75, 3.05) is 0 Å². The summed E-state index contributed by atoms with van der Waals surface area (Å²) in [7, 11) is 0.453. The highest BCUT2D eigenvalue weighted by Crippen LogP contribution is 2.39. The van der Waals surface area contributed by atoms with Gasteiger partial charge in [0.1, 0.15) is 0 Å². The van der Waals surface area contributed by atoms with Gasteiger partial charge in [-0.1, -0.05) is 42.4 Å². The number of benzene rings is 2. The minimum Gasteiger partial charge on any atom is -0.331 e. The Morgan fingerprint density at radius 3 is 1.59 bits per heavy atom. The lowest BCUT2D eigenvalue weighted by atomic mass is 9.58. The van der Waals surface area contributed by atoms with Crippen LogP contribution in [0.5, 0.6) is 0 Å². The van der Waals surface area contributed by atoms with Crippen molar-refractivity contribution in [1.82, 2.24) is 0 Å². The van der Waals surface area contributed by atoms with E-state index < -0.39 is 46.6 Å². The van der Waals surface area contributed by atoms with Crippen molar-refractivity contribution < 1.29 is 39.5 Å². The van der Waals surface area contributed by atoms with Gasteiger partial charge < -0.3 is 5.73 Å². The molecule has 2 rings (SSSR count). The quantitative estimate of drug-likeness (QED) is 0.519. The van der Waals surface area contributed by atoms with E-state index in [1.807, 2.05) is 0 Å².